The number of halogens is 4. The molecule has 0 bridgehead atoms. The minimum absolute atomic E-state index is 0.146. The Morgan fingerprint density at radius 2 is 2.05 bits per heavy atom. The number of methoxy groups -OCH3 is 2. The van der Waals surface area contributed by atoms with Crippen molar-refractivity contribution in [2.45, 2.75) is 24.3 Å². The second kappa shape index (κ2) is 6.69. The van der Waals surface area contributed by atoms with Crippen molar-refractivity contribution >= 4 is 27.7 Å². The molecule has 1 aromatic carbocycles. The summed E-state index contributed by atoms with van der Waals surface area (Å²) in [4.78, 5) is 0. The molecule has 118 valence electrons. The number of hydrogen-bond donors (Lipinski definition) is 0. The van der Waals surface area contributed by atoms with E-state index in [0.29, 0.717) is 29.3 Å². The molecule has 0 fully saturated rings. The molecule has 1 aliphatic rings. The molecular weight excluding hydrogens is 369 g/mol. The van der Waals surface area contributed by atoms with E-state index in [1.807, 2.05) is 0 Å². The molecule has 0 spiro atoms. The van der Waals surface area contributed by atoms with Crippen LogP contribution in [0.15, 0.2) is 6.07 Å². The van der Waals surface area contributed by atoms with Crippen LogP contribution in [0.3, 0.4) is 0 Å². The van der Waals surface area contributed by atoms with Crippen LogP contribution in [0.25, 0.3) is 0 Å². The molecule has 1 unspecified atom stereocenters. The Morgan fingerprint density at radius 3 is 2.57 bits per heavy atom. The molecule has 7 heteroatoms. The largest absolute Gasteiger partial charge is 0.493 e. The standard InChI is InChI=1S/C14H16BrF3O2S/c1-19-9-7-8-4-6-21-10(3-5-15)11(8)12(13(9)20-2)14(16,17)18/h7,10H,3-6H2,1-2H3. The van der Waals surface area contributed by atoms with E-state index in [2.05, 4.69) is 15.9 Å². The molecule has 1 atom stereocenters. The molecule has 0 saturated heterocycles. The first-order valence-corrected chi connectivity index (χ1v) is 8.63. The lowest BCUT2D eigenvalue weighted by Crippen LogP contribution is -2.19. The fraction of sp³-hybridized carbons (Fsp3) is 0.571. The zero-order valence-corrected chi connectivity index (χ0v) is 14.1. The molecule has 0 saturated carbocycles. The molecule has 2 rings (SSSR count). The van der Waals surface area contributed by atoms with E-state index in [0.717, 1.165) is 5.75 Å². The number of thioether (sulfide) groups is 1. The third-order valence-corrected chi connectivity index (χ3v) is 5.23. The molecular formula is C14H16BrF3O2S. The third kappa shape index (κ3) is 3.28. The van der Waals surface area contributed by atoms with Gasteiger partial charge in [-0.3, -0.25) is 0 Å². The fourth-order valence-electron chi connectivity index (χ4n) is 2.64. The highest BCUT2D eigenvalue weighted by atomic mass is 79.9. The van der Waals surface area contributed by atoms with Crippen molar-refractivity contribution in [3.8, 4) is 11.5 Å². The molecule has 21 heavy (non-hydrogen) atoms. The highest BCUT2D eigenvalue weighted by molar-refractivity contribution is 9.09. The first-order valence-electron chi connectivity index (χ1n) is 6.46. The summed E-state index contributed by atoms with van der Waals surface area (Å²) < 4.78 is 50.9. The first-order chi connectivity index (χ1) is 9.93. The van der Waals surface area contributed by atoms with Crippen molar-refractivity contribution in [1.82, 2.24) is 0 Å². The van der Waals surface area contributed by atoms with Gasteiger partial charge in [0.25, 0.3) is 0 Å². The Morgan fingerprint density at radius 1 is 1.33 bits per heavy atom. The summed E-state index contributed by atoms with van der Waals surface area (Å²) >= 11 is 4.89. The maximum atomic E-state index is 13.6. The topological polar surface area (TPSA) is 18.5 Å². The van der Waals surface area contributed by atoms with Crippen molar-refractivity contribution < 1.29 is 22.6 Å². The fourth-order valence-corrected chi connectivity index (χ4v) is 4.74. The number of hydrogen-bond acceptors (Lipinski definition) is 3. The van der Waals surface area contributed by atoms with Gasteiger partial charge in [0.2, 0.25) is 0 Å². The van der Waals surface area contributed by atoms with Gasteiger partial charge in [-0.15, -0.1) is 0 Å². The Labute approximate surface area is 134 Å². The molecule has 0 aliphatic carbocycles. The van der Waals surface area contributed by atoms with E-state index >= 15 is 0 Å². The number of benzene rings is 1. The van der Waals surface area contributed by atoms with E-state index < -0.39 is 11.7 Å². The summed E-state index contributed by atoms with van der Waals surface area (Å²) in [6.07, 6.45) is -3.20. The van der Waals surface area contributed by atoms with Gasteiger partial charge in [0.1, 0.15) is 5.56 Å². The molecule has 0 N–H and O–H groups in total. The minimum Gasteiger partial charge on any atom is -0.493 e. The predicted octanol–water partition coefficient (Wildman–Crippen LogP) is 4.84. The molecule has 1 heterocycles. The third-order valence-electron chi connectivity index (χ3n) is 3.46. The monoisotopic (exact) mass is 384 g/mol. The average Bonchev–Trinajstić information content (AvgIpc) is 2.44. The van der Waals surface area contributed by atoms with Crippen molar-refractivity contribution in [2.24, 2.45) is 0 Å². The van der Waals surface area contributed by atoms with Crippen LogP contribution in [0, 0.1) is 0 Å². The van der Waals surface area contributed by atoms with Crippen LogP contribution in [0.1, 0.15) is 28.4 Å². The number of alkyl halides is 4. The van der Waals surface area contributed by atoms with Crippen molar-refractivity contribution in [2.75, 3.05) is 25.3 Å². The van der Waals surface area contributed by atoms with Gasteiger partial charge in [-0.25, -0.2) is 0 Å². The van der Waals surface area contributed by atoms with Crippen LogP contribution < -0.4 is 9.47 Å². The van der Waals surface area contributed by atoms with Gasteiger partial charge in [0.05, 0.1) is 14.2 Å². The van der Waals surface area contributed by atoms with Gasteiger partial charge in [0, 0.05) is 10.6 Å². The number of aryl methyl sites for hydroxylation is 1. The number of ether oxygens (including phenoxy) is 2. The summed E-state index contributed by atoms with van der Waals surface area (Å²) in [6.45, 7) is 0. The Kier molecular flexibility index (Phi) is 5.35. The highest BCUT2D eigenvalue weighted by Crippen LogP contribution is 2.52. The van der Waals surface area contributed by atoms with E-state index in [1.54, 1.807) is 17.8 Å². The smallest absolute Gasteiger partial charge is 0.420 e. The molecule has 1 aliphatic heterocycles. The number of fused-ring (bicyclic) bond motifs is 1. The van der Waals surface area contributed by atoms with Crippen LogP contribution in [0.5, 0.6) is 11.5 Å². The van der Waals surface area contributed by atoms with Crippen LogP contribution in [0.2, 0.25) is 0 Å². The van der Waals surface area contributed by atoms with E-state index in [-0.39, 0.29) is 16.7 Å². The van der Waals surface area contributed by atoms with Crippen LogP contribution >= 0.6 is 27.7 Å². The summed E-state index contributed by atoms with van der Waals surface area (Å²) in [5, 5.41) is 0.486. The zero-order chi connectivity index (χ0) is 15.6. The van der Waals surface area contributed by atoms with Gasteiger partial charge in [-0.05, 0) is 35.8 Å². The minimum atomic E-state index is -4.47. The summed E-state index contributed by atoms with van der Waals surface area (Å²) in [7, 11) is 2.60. The zero-order valence-electron chi connectivity index (χ0n) is 11.7. The summed E-state index contributed by atoms with van der Waals surface area (Å²) in [6, 6.07) is 1.68. The Balaban J connectivity index is 2.72. The molecule has 0 aromatic heterocycles. The van der Waals surface area contributed by atoms with Crippen molar-refractivity contribution in [3.05, 3.63) is 22.8 Å². The summed E-state index contributed by atoms with van der Waals surface area (Å²) in [5.41, 5.74) is 0.387. The molecule has 0 amide bonds. The lowest BCUT2D eigenvalue weighted by atomic mass is 9.92. The normalized spacial score (nSPS) is 18.3. The predicted molar refractivity (Wildman–Crippen MR) is 81.9 cm³/mol. The van der Waals surface area contributed by atoms with Crippen molar-refractivity contribution in [1.29, 1.82) is 0 Å². The Hall–Kier alpha value is -0.560. The van der Waals surface area contributed by atoms with E-state index in [9.17, 15) is 13.2 Å². The molecule has 2 nitrogen and oxygen atoms in total. The summed E-state index contributed by atoms with van der Waals surface area (Å²) in [5.74, 6) is 0.746. The quantitative estimate of drug-likeness (QED) is 0.692. The lowest BCUT2D eigenvalue weighted by Gasteiger charge is -2.30. The van der Waals surface area contributed by atoms with Gasteiger partial charge < -0.3 is 9.47 Å². The average molecular weight is 385 g/mol. The highest BCUT2D eigenvalue weighted by Gasteiger charge is 2.42. The lowest BCUT2D eigenvalue weighted by molar-refractivity contribution is -0.139. The van der Waals surface area contributed by atoms with Gasteiger partial charge in [-0.1, -0.05) is 15.9 Å². The maximum absolute atomic E-state index is 13.6. The van der Waals surface area contributed by atoms with Crippen LogP contribution in [0.4, 0.5) is 13.2 Å². The van der Waals surface area contributed by atoms with E-state index in [1.165, 1.54) is 14.2 Å². The van der Waals surface area contributed by atoms with Gasteiger partial charge in [-0.2, -0.15) is 24.9 Å². The molecule has 0 radical (unpaired) electrons. The second-order valence-electron chi connectivity index (χ2n) is 4.64. The molecule has 1 aromatic rings. The SMILES string of the molecule is COc1cc2c(c(C(F)(F)F)c1OC)C(CCBr)SCC2. The van der Waals surface area contributed by atoms with Crippen LogP contribution in [-0.4, -0.2) is 25.3 Å². The Bertz CT molecular complexity index is 520. The maximum Gasteiger partial charge on any atom is 0.420 e. The number of rotatable bonds is 4. The van der Waals surface area contributed by atoms with Crippen molar-refractivity contribution in [3.63, 3.8) is 0 Å². The van der Waals surface area contributed by atoms with Gasteiger partial charge >= 0.3 is 6.18 Å². The first kappa shape index (κ1) is 16.8. The van der Waals surface area contributed by atoms with Crippen LogP contribution in [-0.2, 0) is 12.6 Å². The van der Waals surface area contributed by atoms with Gasteiger partial charge in [0.15, 0.2) is 11.5 Å². The van der Waals surface area contributed by atoms with E-state index in [4.69, 9.17) is 9.47 Å². The second-order valence-corrected chi connectivity index (χ2v) is 6.75.